The Labute approximate surface area is 196 Å². The van der Waals surface area contributed by atoms with Crippen LogP contribution in [0.5, 0.6) is 11.5 Å². The third-order valence-corrected chi connectivity index (χ3v) is 8.24. The van der Waals surface area contributed by atoms with Gasteiger partial charge >= 0.3 is 5.97 Å². The van der Waals surface area contributed by atoms with Crippen LogP contribution in [0.2, 0.25) is 0 Å². The minimum atomic E-state index is -3.76. The van der Waals surface area contributed by atoms with Gasteiger partial charge in [0.05, 0.1) is 36.4 Å². The lowest BCUT2D eigenvalue weighted by Gasteiger charge is -2.44. The van der Waals surface area contributed by atoms with Crippen molar-refractivity contribution in [3.63, 3.8) is 0 Å². The zero-order valence-corrected chi connectivity index (χ0v) is 20.8. The molecule has 0 radical (unpaired) electrons. The van der Waals surface area contributed by atoms with E-state index in [1.54, 1.807) is 11.1 Å². The highest BCUT2D eigenvalue weighted by Gasteiger charge is 2.50. The van der Waals surface area contributed by atoms with Gasteiger partial charge in [-0.3, -0.25) is 4.79 Å². The van der Waals surface area contributed by atoms with Gasteiger partial charge in [-0.2, -0.15) is 0 Å². The molecule has 33 heavy (non-hydrogen) atoms. The van der Waals surface area contributed by atoms with Gasteiger partial charge in [0.2, 0.25) is 0 Å². The van der Waals surface area contributed by atoms with Crippen LogP contribution in [0.15, 0.2) is 47.4 Å². The van der Waals surface area contributed by atoms with E-state index in [9.17, 15) is 13.2 Å². The first-order chi connectivity index (χ1) is 15.7. The van der Waals surface area contributed by atoms with E-state index in [1.165, 1.54) is 27.2 Å². The van der Waals surface area contributed by atoms with Gasteiger partial charge in [-0.1, -0.05) is 57.0 Å². The molecule has 0 aromatic heterocycles. The maximum Gasteiger partial charge on any atom is 0.322 e. The molecule has 0 fully saturated rings. The molecular weight excluding hydrogens is 442 g/mol. The first-order valence-corrected chi connectivity index (χ1v) is 12.9. The molecule has 2 atom stereocenters. The van der Waals surface area contributed by atoms with Crippen molar-refractivity contribution in [1.29, 1.82) is 0 Å². The molecule has 0 saturated carbocycles. The van der Waals surface area contributed by atoms with E-state index in [4.69, 9.17) is 14.3 Å². The quantitative estimate of drug-likeness (QED) is 0.547. The van der Waals surface area contributed by atoms with Crippen LogP contribution in [0.25, 0.3) is 0 Å². The normalized spacial score (nSPS) is 22.2. The molecule has 7 nitrogen and oxygen atoms in total. The number of ether oxygens (including phenoxy) is 2. The summed E-state index contributed by atoms with van der Waals surface area (Å²) < 4.78 is 38.6. The topological polar surface area (TPSA) is 82.1 Å². The van der Waals surface area contributed by atoms with Crippen molar-refractivity contribution in [1.82, 2.24) is 5.06 Å². The second-order valence-corrected chi connectivity index (χ2v) is 10.4. The summed E-state index contributed by atoms with van der Waals surface area (Å²) in [5.74, 6) is 0.0813. The molecule has 8 heteroatoms. The third-order valence-electron chi connectivity index (χ3n) is 6.30. The van der Waals surface area contributed by atoms with Gasteiger partial charge in [0.1, 0.15) is 0 Å². The molecule has 2 aromatic carbocycles. The van der Waals surface area contributed by atoms with Crippen molar-refractivity contribution in [2.24, 2.45) is 0 Å². The zero-order valence-electron chi connectivity index (χ0n) is 20.0. The van der Waals surface area contributed by atoms with Crippen molar-refractivity contribution >= 4 is 15.8 Å². The van der Waals surface area contributed by atoms with Crippen LogP contribution in [0.3, 0.4) is 0 Å². The SMILES string of the molecule is CCCC[C@]1(CC)CS(=O)(=O)c2cc(OC)c(OC)cc2[C@H](c2ccccc2)N1OC(C)=O. The average molecular weight is 476 g/mol. The smallest absolute Gasteiger partial charge is 0.322 e. The molecule has 180 valence electrons. The summed E-state index contributed by atoms with van der Waals surface area (Å²) in [6.45, 7) is 5.35. The molecule has 2 aromatic rings. The number of sulfone groups is 1. The first-order valence-electron chi connectivity index (χ1n) is 11.2. The molecule has 0 saturated heterocycles. The predicted molar refractivity (Wildman–Crippen MR) is 126 cm³/mol. The number of benzene rings is 2. The van der Waals surface area contributed by atoms with E-state index in [1.807, 2.05) is 37.3 Å². The molecule has 0 unspecified atom stereocenters. The van der Waals surface area contributed by atoms with E-state index in [0.717, 1.165) is 18.4 Å². The maximum absolute atomic E-state index is 13.8. The van der Waals surface area contributed by atoms with Crippen molar-refractivity contribution in [2.75, 3.05) is 20.0 Å². The Hall–Kier alpha value is -2.58. The van der Waals surface area contributed by atoms with Crippen molar-refractivity contribution in [3.05, 3.63) is 53.6 Å². The molecule has 0 N–H and O–H groups in total. The number of carbonyl (C=O) groups excluding carboxylic acids is 1. The molecule has 0 spiro atoms. The summed E-state index contributed by atoms with van der Waals surface area (Å²) in [5.41, 5.74) is 0.408. The number of unbranched alkanes of at least 4 members (excludes halogenated alkanes) is 1. The second-order valence-electron chi connectivity index (χ2n) is 8.41. The molecule has 0 aliphatic carbocycles. The fourth-order valence-electron chi connectivity index (χ4n) is 4.62. The van der Waals surface area contributed by atoms with Crippen molar-refractivity contribution < 1.29 is 27.5 Å². The summed E-state index contributed by atoms with van der Waals surface area (Å²) in [4.78, 5) is 18.4. The van der Waals surface area contributed by atoms with E-state index < -0.39 is 27.4 Å². The van der Waals surface area contributed by atoms with Gasteiger partial charge in [-0.25, -0.2) is 8.42 Å². The Morgan fingerprint density at radius 1 is 1.09 bits per heavy atom. The van der Waals surface area contributed by atoms with Crippen molar-refractivity contribution in [2.45, 2.75) is 62.9 Å². The Morgan fingerprint density at radius 2 is 1.73 bits per heavy atom. The second kappa shape index (κ2) is 10.1. The van der Waals surface area contributed by atoms with Crippen LogP contribution in [0.4, 0.5) is 0 Å². The number of fused-ring (bicyclic) bond motifs is 1. The lowest BCUT2D eigenvalue weighted by atomic mass is 9.87. The molecule has 1 heterocycles. The highest BCUT2D eigenvalue weighted by Crippen LogP contribution is 2.48. The maximum atomic E-state index is 13.8. The summed E-state index contributed by atoms with van der Waals surface area (Å²) in [6.07, 6.45) is 2.75. The number of carbonyl (C=O) groups is 1. The van der Waals surface area contributed by atoms with E-state index in [0.29, 0.717) is 29.9 Å². The van der Waals surface area contributed by atoms with Gasteiger partial charge in [0, 0.05) is 13.0 Å². The molecular formula is C25H33NO6S. The first kappa shape index (κ1) is 25.1. The number of hydrogen-bond donors (Lipinski definition) is 0. The van der Waals surface area contributed by atoms with E-state index in [-0.39, 0.29) is 10.6 Å². The minimum Gasteiger partial charge on any atom is -0.493 e. The van der Waals surface area contributed by atoms with Gasteiger partial charge in [0.15, 0.2) is 21.3 Å². The standard InChI is InChI=1S/C25H33NO6S/c1-6-8-14-25(7-2)17-33(28,29)23-16-22(31-5)21(30-4)15-20(23)24(26(25)32-18(3)27)19-12-10-9-11-13-19/h9-13,15-16,24H,6-8,14,17H2,1-5H3/t24-,25+/m0/s1. The number of rotatable bonds is 8. The molecule has 3 rings (SSSR count). The number of methoxy groups -OCH3 is 2. The van der Waals surface area contributed by atoms with Crippen LogP contribution in [0.1, 0.15) is 63.6 Å². The highest BCUT2D eigenvalue weighted by atomic mass is 32.2. The summed E-state index contributed by atoms with van der Waals surface area (Å²) in [5, 5.41) is 1.63. The fourth-order valence-corrected chi connectivity index (χ4v) is 6.77. The predicted octanol–water partition coefficient (Wildman–Crippen LogP) is 4.70. The van der Waals surface area contributed by atoms with Crippen LogP contribution >= 0.6 is 0 Å². The number of hydrogen-bond acceptors (Lipinski definition) is 7. The van der Waals surface area contributed by atoms with Crippen LogP contribution in [0, 0.1) is 0 Å². The lowest BCUT2D eigenvalue weighted by Crippen LogP contribution is -2.53. The van der Waals surface area contributed by atoms with Gasteiger partial charge in [-0.15, -0.1) is 5.06 Å². The molecule has 0 bridgehead atoms. The number of hydroxylamine groups is 2. The lowest BCUT2D eigenvalue weighted by molar-refractivity contribution is -0.232. The summed E-state index contributed by atoms with van der Waals surface area (Å²) >= 11 is 0. The van der Waals surface area contributed by atoms with Crippen molar-refractivity contribution in [3.8, 4) is 11.5 Å². The van der Waals surface area contributed by atoms with Crippen LogP contribution < -0.4 is 9.47 Å². The monoisotopic (exact) mass is 475 g/mol. The van der Waals surface area contributed by atoms with Crippen LogP contribution in [-0.2, 0) is 19.5 Å². The van der Waals surface area contributed by atoms with E-state index in [2.05, 4.69) is 6.92 Å². The highest BCUT2D eigenvalue weighted by molar-refractivity contribution is 7.91. The largest absolute Gasteiger partial charge is 0.493 e. The minimum absolute atomic E-state index is 0.165. The third kappa shape index (κ3) is 4.87. The Balaban J connectivity index is 2.42. The average Bonchev–Trinajstić information content (AvgIpc) is 2.88. The Morgan fingerprint density at radius 3 is 2.27 bits per heavy atom. The van der Waals surface area contributed by atoms with Crippen LogP contribution in [-0.4, -0.2) is 45.0 Å². The Bertz CT molecular complexity index is 1090. The summed E-state index contributed by atoms with van der Waals surface area (Å²) in [7, 11) is -0.779. The molecule has 1 aliphatic rings. The zero-order chi connectivity index (χ0) is 24.2. The van der Waals surface area contributed by atoms with E-state index >= 15 is 0 Å². The van der Waals surface area contributed by atoms with Gasteiger partial charge in [0.25, 0.3) is 0 Å². The van der Waals surface area contributed by atoms with Gasteiger partial charge in [-0.05, 0) is 30.0 Å². The number of nitrogens with zero attached hydrogens (tertiary/aromatic N) is 1. The Kier molecular flexibility index (Phi) is 7.69. The molecule has 1 aliphatic heterocycles. The summed E-state index contributed by atoms with van der Waals surface area (Å²) in [6, 6.07) is 12.1. The molecule has 0 amide bonds. The fraction of sp³-hybridized carbons (Fsp3) is 0.480. The van der Waals surface area contributed by atoms with Gasteiger partial charge < -0.3 is 14.3 Å².